The van der Waals surface area contributed by atoms with Gasteiger partial charge >= 0.3 is 5.97 Å². The number of carboxylic acid groups (broad SMARTS) is 1. The highest BCUT2D eigenvalue weighted by molar-refractivity contribution is 7.98. The number of nitrogens with zero attached hydrogens (tertiary/aromatic N) is 3. The number of aryl methyl sites for hydroxylation is 1. The fourth-order valence-corrected chi connectivity index (χ4v) is 2.44. The molecular weight excluding hydrogens is 311 g/mol. The van der Waals surface area contributed by atoms with Crippen LogP contribution in [0, 0.1) is 5.82 Å². The molecule has 0 atom stereocenters. The maximum Gasteiger partial charge on any atom is 0.303 e. The number of benzene rings is 1. The SMILES string of the molecule is Nn1c(SCc2ccc(F)cc2)nnc(CCC(=O)O)c1=O. The topological polar surface area (TPSA) is 111 Å². The van der Waals surface area contributed by atoms with E-state index < -0.39 is 11.5 Å². The van der Waals surface area contributed by atoms with E-state index >= 15 is 0 Å². The third-order valence-corrected chi connectivity index (χ3v) is 3.80. The van der Waals surface area contributed by atoms with E-state index in [4.69, 9.17) is 10.9 Å². The molecule has 0 aliphatic rings. The lowest BCUT2D eigenvalue weighted by Crippen LogP contribution is -2.33. The molecule has 0 aliphatic heterocycles. The summed E-state index contributed by atoms with van der Waals surface area (Å²) < 4.78 is 13.6. The molecule has 2 rings (SSSR count). The van der Waals surface area contributed by atoms with Crippen LogP contribution in [0.25, 0.3) is 0 Å². The summed E-state index contributed by atoms with van der Waals surface area (Å²) in [4.78, 5) is 22.4. The third-order valence-electron chi connectivity index (χ3n) is 2.78. The average molecular weight is 324 g/mol. The van der Waals surface area contributed by atoms with Gasteiger partial charge in [0.1, 0.15) is 11.5 Å². The van der Waals surface area contributed by atoms with Crippen molar-refractivity contribution in [3.8, 4) is 0 Å². The van der Waals surface area contributed by atoms with Crippen molar-refractivity contribution in [2.75, 3.05) is 5.84 Å². The van der Waals surface area contributed by atoms with E-state index in [-0.39, 0.29) is 29.5 Å². The Balaban J connectivity index is 2.08. The zero-order valence-electron chi connectivity index (χ0n) is 11.4. The highest BCUT2D eigenvalue weighted by Gasteiger charge is 2.12. The Labute approximate surface area is 129 Å². The van der Waals surface area contributed by atoms with Gasteiger partial charge in [-0.25, -0.2) is 4.39 Å². The van der Waals surface area contributed by atoms with E-state index in [9.17, 15) is 14.0 Å². The van der Waals surface area contributed by atoms with Crippen LogP contribution in [0.1, 0.15) is 17.7 Å². The van der Waals surface area contributed by atoms with Crippen molar-refractivity contribution in [3.05, 3.63) is 51.7 Å². The second kappa shape index (κ2) is 7.03. The van der Waals surface area contributed by atoms with Crippen molar-refractivity contribution in [2.24, 2.45) is 0 Å². The number of rotatable bonds is 6. The molecule has 1 heterocycles. The molecule has 0 amide bonds. The van der Waals surface area contributed by atoms with Crippen LogP contribution in [0.5, 0.6) is 0 Å². The van der Waals surface area contributed by atoms with E-state index in [1.54, 1.807) is 12.1 Å². The molecule has 116 valence electrons. The Morgan fingerprint density at radius 2 is 2.00 bits per heavy atom. The van der Waals surface area contributed by atoms with Gasteiger partial charge in [-0.1, -0.05) is 23.9 Å². The van der Waals surface area contributed by atoms with Crippen molar-refractivity contribution in [1.29, 1.82) is 0 Å². The number of nitrogen functional groups attached to an aromatic ring is 1. The number of aromatic nitrogens is 3. The predicted molar refractivity (Wildman–Crippen MR) is 78.4 cm³/mol. The molecule has 0 unspecified atom stereocenters. The van der Waals surface area contributed by atoms with Crippen LogP contribution in [0.15, 0.2) is 34.2 Å². The van der Waals surface area contributed by atoms with Crippen molar-refractivity contribution in [1.82, 2.24) is 14.9 Å². The first-order chi connectivity index (χ1) is 10.5. The maximum atomic E-state index is 12.8. The zero-order valence-corrected chi connectivity index (χ0v) is 12.2. The van der Waals surface area contributed by atoms with Gasteiger partial charge in [0, 0.05) is 12.2 Å². The van der Waals surface area contributed by atoms with Gasteiger partial charge < -0.3 is 10.9 Å². The summed E-state index contributed by atoms with van der Waals surface area (Å²) in [5, 5.41) is 16.4. The quantitative estimate of drug-likeness (QED) is 0.597. The molecule has 3 N–H and O–H groups in total. The van der Waals surface area contributed by atoms with E-state index in [1.165, 1.54) is 23.9 Å². The molecule has 22 heavy (non-hydrogen) atoms. The van der Waals surface area contributed by atoms with Crippen molar-refractivity contribution < 1.29 is 14.3 Å². The van der Waals surface area contributed by atoms with Crippen LogP contribution < -0.4 is 11.4 Å². The molecule has 0 radical (unpaired) electrons. The third kappa shape index (κ3) is 4.04. The summed E-state index contributed by atoms with van der Waals surface area (Å²) in [7, 11) is 0. The van der Waals surface area contributed by atoms with Crippen LogP contribution in [0.2, 0.25) is 0 Å². The Morgan fingerprint density at radius 3 is 2.64 bits per heavy atom. The lowest BCUT2D eigenvalue weighted by molar-refractivity contribution is -0.136. The number of thioether (sulfide) groups is 1. The van der Waals surface area contributed by atoms with Gasteiger partial charge in [0.2, 0.25) is 5.16 Å². The lowest BCUT2D eigenvalue weighted by Gasteiger charge is -2.07. The summed E-state index contributed by atoms with van der Waals surface area (Å²) in [5.74, 6) is 4.74. The number of nitrogens with two attached hydrogens (primary N) is 1. The summed E-state index contributed by atoms with van der Waals surface area (Å²) in [6, 6.07) is 5.92. The molecule has 7 nitrogen and oxygen atoms in total. The van der Waals surface area contributed by atoms with Gasteiger partial charge in [0.05, 0.1) is 6.42 Å². The molecule has 2 aromatic rings. The number of aliphatic carboxylic acids is 1. The molecule has 1 aromatic carbocycles. The van der Waals surface area contributed by atoms with Crippen LogP contribution in [-0.2, 0) is 17.0 Å². The standard InChI is InChI=1S/C13H13FN4O3S/c14-9-3-1-8(2-4-9)7-22-13-17-16-10(5-6-11(19)20)12(21)18(13)15/h1-4H,5-7,15H2,(H,19,20). The summed E-state index contributed by atoms with van der Waals surface area (Å²) in [6.07, 6.45) is -0.243. The first-order valence-electron chi connectivity index (χ1n) is 6.30. The minimum absolute atomic E-state index is 0.0102. The van der Waals surface area contributed by atoms with Gasteiger partial charge in [-0.15, -0.1) is 10.2 Å². The predicted octanol–water partition coefficient (Wildman–Crippen LogP) is 0.801. The smallest absolute Gasteiger partial charge is 0.303 e. The summed E-state index contributed by atoms with van der Waals surface area (Å²) >= 11 is 1.18. The van der Waals surface area contributed by atoms with Crippen molar-refractivity contribution >= 4 is 17.7 Å². The Morgan fingerprint density at radius 1 is 1.32 bits per heavy atom. The van der Waals surface area contributed by atoms with Crippen LogP contribution >= 0.6 is 11.8 Å². The van der Waals surface area contributed by atoms with Crippen molar-refractivity contribution in [3.63, 3.8) is 0 Å². The molecule has 0 saturated heterocycles. The molecule has 0 spiro atoms. The normalized spacial score (nSPS) is 10.6. The van der Waals surface area contributed by atoms with E-state index in [1.807, 2.05) is 0 Å². The van der Waals surface area contributed by atoms with E-state index in [0.717, 1.165) is 10.2 Å². The molecule has 0 fully saturated rings. The highest BCUT2D eigenvalue weighted by Crippen LogP contribution is 2.18. The largest absolute Gasteiger partial charge is 0.481 e. The van der Waals surface area contributed by atoms with Crippen LogP contribution in [-0.4, -0.2) is 25.9 Å². The summed E-state index contributed by atoms with van der Waals surface area (Å²) in [5.41, 5.74) is 0.282. The number of halogens is 1. The molecule has 0 saturated carbocycles. The number of carbonyl (C=O) groups is 1. The van der Waals surface area contributed by atoms with Crippen LogP contribution in [0.3, 0.4) is 0 Å². The lowest BCUT2D eigenvalue weighted by atomic mass is 10.2. The fourth-order valence-electron chi connectivity index (χ4n) is 1.63. The number of hydrogen-bond acceptors (Lipinski definition) is 6. The Bertz CT molecular complexity index is 733. The zero-order chi connectivity index (χ0) is 16.1. The number of hydrogen-bond donors (Lipinski definition) is 2. The summed E-state index contributed by atoms with van der Waals surface area (Å²) in [6.45, 7) is 0. The molecule has 0 aliphatic carbocycles. The monoisotopic (exact) mass is 324 g/mol. The first-order valence-corrected chi connectivity index (χ1v) is 7.28. The first kappa shape index (κ1) is 16.0. The molecular formula is C13H13FN4O3S. The van der Waals surface area contributed by atoms with E-state index in [0.29, 0.717) is 5.75 Å². The molecule has 0 bridgehead atoms. The van der Waals surface area contributed by atoms with Gasteiger partial charge in [-0.05, 0) is 17.7 Å². The maximum absolute atomic E-state index is 12.8. The van der Waals surface area contributed by atoms with Gasteiger partial charge in [-0.2, -0.15) is 4.68 Å². The van der Waals surface area contributed by atoms with E-state index in [2.05, 4.69) is 10.2 Å². The van der Waals surface area contributed by atoms with Gasteiger partial charge in [0.25, 0.3) is 5.56 Å². The second-order valence-electron chi connectivity index (χ2n) is 4.41. The second-order valence-corrected chi connectivity index (χ2v) is 5.36. The molecule has 1 aromatic heterocycles. The molecule has 9 heteroatoms. The fraction of sp³-hybridized carbons (Fsp3) is 0.231. The van der Waals surface area contributed by atoms with Gasteiger partial charge in [-0.3, -0.25) is 9.59 Å². The Kier molecular flexibility index (Phi) is 5.10. The van der Waals surface area contributed by atoms with Gasteiger partial charge in [0.15, 0.2) is 0 Å². The average Bonchev–Trinajstić information content (AvgIpc) is 2.49. The minimum Gasteiger partial charge on any atom is -0.481 e. The van der Waals surface area contributed by atoms with Crippen molar-refractivity contribution in [2.45, 2.75) is 23.8 Å². The Hall–Kier alpha value is -2.42. The highest BCUT2D eigenvalue weighted by atomic mass is 32.2. The minimum atomic E-state index is -1.03. The number of carboxylic acids is 1. The van der Waals surface area contributed by atoms with Crippen LogP contribution in [0.4, 0.5) is 4.39 Å².